The standard InChI is InChI=1S/C21H24N4O2.HI/c1-15-20(16(2)27-25-15)12-7-13-23-21(22)24-17-8-6-11-19(14-17)26-18-9-4-3-5-10-18;/h3-6,8-11,14H,7,12-13H2,1-2H3,(H3,22,23,24);1H. The van der Waals surface area contributed by atoms with E-state index in [2.05, 4.69) is 15.5 Å². The molecule has 1 heterocycles. The van der Waals surface area contributed by atoms with E-state index in [4.69, 9.17) is 15.0 Å². The third-order valence-electron chi connectivity index (χ3n) is 4.13. The first kappa shape index (κ1) is 21.7. The van der Waals surface area contributed by atoms with Crippen LogP contribution < -0.4 is 15.8 Å². The van der Waals surface area contributed by atoms with Crippen LogP contribution >= 0.6 is 24.0 Å². The van der Waals surface area contributed by atoms with Crippen molar-refractivity contribution < 1.29 is 9.26 Å². The first-order chi connectivity index (χ1) is 13.1. The van der Waals surface area contributed by atoms with Gasteiger partial charge in [-0.3, -0.25) is 4.99 Å². The number of guanidine groups is 1. The third-order valence-corrected chi connectivity index (χ3v) is 4.13. The van der Waals surface area contributed by atoms with Crippen molar-refractivity contribution in [2.24, 2.45) is 10.7 Å². The van der Waals surface area contributed by atoms with Gasteiger partial charge < -0.3 is 20.3 Å². The SMILES string of the molecule is Cc1noc(C)c1CCCN=C(N)Nc1cccc(Oc2ccccc2)c1.I. The molecule has 1 aromatic heterocycles. The van der Waals surface area contributed by atoms with Crippen LogP contribution in [-0.4, -0.2) is 17.7 Å². The Morgan fingerprint density at radius 1 is 1.11 bits per heavy atom. The highest BCUT2D eigenvalue weighted by molar-refractivity contribution is 14.0. The summed E-state index contributed by atoms with van der Waals surface area (Å²) in [4.78, 5) is 4.38. The number of halogens is 1. The van der Waals surface area contributed by atoms with Crippen molar-refractivity contribution >= 4 is 35.6 Å². The molecule has 0 bridgehead atoms. The van der Waals surface area contributed by atoms with Gasteiger partial charge in [0.25, 0.3) is 0 Å². The molecule has 0 unspecified atom stereocenters. The number of nitrogens with one attached hydrogen (secondary N) is 1. The van der Waals surface area contributed by atoms with Crippen LogP contribution in [0.15, 0.2) is 64.1 Å². The molecule has 0 atom stereocenters. The summed E-state index contributed by atoms with van der Waals surface area (Å²) in [6.45, 7) is 4.51. The molecule has 0 radical (unpaired) electrons. The van der Waals surface area contributed by atoms with Crippen molar-refractivity contribution in [3.8, 4) is 11.5 Å². The van der Waals surface area contributed by atoms with Crippen LogP contribution in [0, 0.1) is 13.8 Å². The normalized spacial score (nSPS) is 11.0. The molecule has 3 aromatic rings. The average molecular weight is 492 g/mol. The summed E-state index contributed by atoms with van der Waals surface area (Å²) in [5.41, 5.74) is 8.92. The minimum Gasteiger partial charge on any atom is -0.457 e. The molecule has 0 aliphatic carbocycles. The largest absolute Gasteiger partial charge is 0.457 e. The molecule has 3 N–H and O–H groups in total. The highest BCUT2D eigenvalue weighted by Crippen LogP contribution is 2.23. The zero-order valence-electron chi connectivity index (χ0n) is 16.0. The van der Waals surface area contributed by atoms with E-state index >= 15 is 0 Å². The molecule has 0 spiro atoms. The quantitative estimate of drug-likeness (QED) is 0.209. The van der Waals surface area contributed by atoms with E-state index in [1.54, 1.807) is 0 Å². The van der Waals surface area contributed by atoms with Gasteiger partial charge in [0, 0.05) is 23.9 Å². The first-order valence-corrected chi connectivity index (χ1v) is 8.93. The predicted molar refractivity (Wildman–Crippen MR) is 123 cm³/mol. The topological polar surface area (TPSA) is 85.7 Å². The van der Waals surface area contributed by atoms with Crippen LogP contribution in [0.25, 0.3) is 0 Å². The zero-order valence-corrected chi connectivity index (χ0v) is 18.3. The Balaban J connectivity index is 0.00000280. The Kier molecular flexibility index (Phi) is 8.31. The van der Waals surface area contributed by atoms with E-state index in [1.807, 2.05) is 68.4 Å². The summed E-state index contributed by atoms with van der Waals surface area (Å²) >= 11 is 0. The fourth-order valence-electron chi connectivity index (χ4n) is 2.76. The van der Waals surface area contributed by atoms with Crippen molar-refractivity contribution in [1.29, 1.82) is 0 Å². The lowest BCUT2D eigenvalue weighted by molar-refractivity contribution is 0.392. The van der Waals surface area contributed by atoms with Crippen LogP contribution in [-0.2, 0) is 6.42 Å². The van der Waals surface area contributed by atoms with Crippen LogP contribution in [0.4, 0.5) is 5.69 Å². The maximum Gasteiger partial charge on any atom is 0.193 e. The molecule has 0 saturated heterocycles. The summed E-state index contributed by atoms with van der Waals surface area (Å²) in [6.07, 6.45) is 1.75. The third kappa shape index (κ3) is 6.26. The van der Waals surface area contributed by atoms with Gasteiger partial charge in [-0.1, -0.05) is 29.4 Å². The number of rotatable bonds is 7. The maximum absolute atomic E-state index is 5.99. The summed E-state index contributed by atoms with van der Waals surface area (Å²) in [5.74, 6) is 2.77. The number of ether oxygens (including phenoxy) is 1. The highest BCUT2D eigenvalue weighted by atomic mass is 127. The van der Waals surface area contributed by atoms with Crippen molar-refractivity contribution in [1.82, 2.24) is 5.16 Å². The number of aromatic nitrogens is 1. The van der Waals surface area contributed by atoms with E-state index < -0.39 is 0 Å². The highest BCUT2D eigenvalue weighted by Gasteiger charge is 2.07. The lowest BCUT2D eigenvalue weighted by Gasteiger charge is -2.09. The molecule has 2 aromatic carbocycles. The predicted octanol–water partition coefficient (Wildman–Crippen LogP) is 5.06. The van der Waals surface area contributed by atoms with Gasteiger partial charge in [-0.2, -0.15) is 0 Å². The second kappa shape index (κ2) is 10.7. The molecule has 0 aliphatic rings. The van der Waals surface area contributed by atoms with Crippen molar-refractivity contribution in [3.63, 3.8) is 0 Å². The molecule has 0 amide bonds. The Morgan fingerprint density at radius 3 is 2.57 bits per heavy atom. The molecule has 7 heteroatoms. The fourth-order valence-corrected chi connectivity index (χ4v) is 2.76. The zero-order chi connectivity index (χ0) is 19.1. The van der Waals surface area contributed by atoms with Crippen molar-refractivity contribution in [3.05, 3.63) is 71.6 Å². The number of benzene rings is 2. The molecule has 6 nitrogen and oxygen atoms in total. The van der Waals surface area contributed by atoms with Crippen LogP contribution in [0.2, 0.25) is 0 Å². The molecule has 148 valence electrons. The number of hydrogen-bond acceptors (Lipinski definition) is 4. The number of anilines is 1. The van der Waals surface area contributed by atoms with Crippen LogP contribution in [0.3, 0.4) is 0 Å². The van der Waals surface area contributed by atoms with E-state index in [0.717, 1.165) is 47.0 Å². The molecule has 3 rings (SSSR count). The lowest BCUT2D eigenvalue weighted by Crippen LogP contribution is -2.22. The molecule has 0 fully saturated rings. The molecule has 28 heavy (non-hydrogen) atoms. The van der Waals surface area contributed by atoms with Crippen molar-refractivity contribution in [2.75, 3.05) is 11.9 Å². The molecule has 0 saturated carbocycles. The Bertz CT molecular complexity index is 890. The summed E-state index contributed by atoms with van der Waals surface area (Å²) < 4.78 is 11.0. The van der Waals surface area contributed by atoms with Gasteiger partial charge in [-0.15, -0.1) is 24.0 Å². The van der Waals surface area contributed by atoms with Gasteiger partial charge in [0.2, 0.25) is 0 Å². The number of nitrogens with zero attached hydrogens (tertiary/aromatic N) is 2. The van der Waals surface area contributed by atoms with Gasteiger partial charge in [0.05, 0.1) is 5.69 Å². The number of para-hydroxylation sites is 1. The number of nitrogens with two attached hydrogens (primary N) is 1. The number of aliphatic imine (C=N–C) groups is 1. The second-order valence-electron chi connectivity index (χ2n) is 6.24. The van der Waals surface area contributed by atoms with E-state index in [1.165, 1.54) is 0 Å². The maximum atomic E-state index is 5.99. The van der Waals surface area contributed by atoms with Gasteiger partial charge in [0.15, 0.2) is 5.96 Å². The summed E-state index contributed by atoms with van der Waals surface area (Å²) in [6, 6.07) is 17.3. The number of hydrogen-bond donors (Lipinski definition) is 2. The van der Waals surface area contributed by atoms with Gasteiger partial charge in [-0.25, -0.2) is 0 Å². The summed E-state index contributed by atoms with van der Waals surface area (Å²) in [5, 5.41) is 7.07. The second-order valence-corrected chi connectivity index (χ2v) is 6.24. The molecular weight excluding hydrogens is 467 g/mol. The molecule has 0 aliphatic heterocycles. The lowest BCUT2D eigenvalue weighted by atomic mass is 10.1. The average Bonchev–Trinajstić information content (AvgIpc) is 2.98. The van der Waals surface area contributed by atoms with Crippen molar-refractivity contribution in [2.45, 2.75) is 26.7 Å². The van der Waals surface area contributed by atoms with Gasteiger partial charge >= 0.3 is 0 Å². The van der Waals surface area contributed by atoms with Gasteiger partial charge in [0.1, 0.15) is 17.3 Å². The Morgan fingerprint density at radius 2 is 1.86 bits per heavy atom. The monoisotopic (exact) mass is 492 g/mol. The smallest absolute Gasteiger partial charge is 0.193 e. The van der Waals surface area contributed by atoms with Crippen LogP contribution in [0.1, 0.15) is 23.4 Å². The number of aryl methyl sites for hydroxylation is 2. The Labute approximate surface area is 182 Å². The van der Waals surface area contributed by atoms with E-state index in [0.29, 0.717) is 12.5 Å². The first-order valence-electron chi connectivity index (χ1n) is 8.93. The Hall–Kier alpha value is -2.55. The molecular formula is C21H25IN4O2. The minimum absolute atomic E-state index is 0. The van der Waals surface area contributed by atoms with Crippen LogP contribution in [0.5, 0.6) is 11.5 Å². The fraction of sp³-hybridized carbons (Fsp3) is 0.238. The van der Waals surface area contributed by atoms with E-state index in [9.17, 15) is 0 Å². The van der Waals surface area contributed by atoms with E-state index in [-0.39, 0.29) is 24.0 Å². The summed E-state index contributed by atoms with van der Waals surface area (Å²) in [7, 11) is 0. The van der Waals surface area contributed by atoms with Gasteiger partial charge in [-0.05, 0) is 51.0 Å². The minimum atomic E-state index is 0.